The van der Waals surface area contributed by atoms with Crippen LogP contribution in [0.4, 0.5) is 5.13 Å². The number of benzene rings is 1. The van der Waals surface area contributed by atoms with Crippen LogP contribution in [0.25, 0.3) is 0 Å². The van der Waals surface area contributed by atoms with Crippen molar-refractivity contribution in [1.29, 1.82) is 0 Å². The molecule has 0 spiro atoms. The third-order valence-electron chi connectivity index (χ3n) is 2.31. The zero-order valence-corrected chi connectivity index (χ0v) is 10.8. The standard InChI is InChI=1S/C12H13ClN2S/c1-8-7-16-12(14-8)15-9(2)10-4-3-5-11(13)6-10/h3-7,9H,1-2H3,(H,14,15). The molecule has 0 radical (unpaired) electrons. The van der Waals surface area contributed by atoms with Crippen LogP contribution >= 0.6 is 22.9 Å². The van der Waals surface area contributed by atoms with E-state index in [1.807, 2.05) is 30.5 Å². The fourth-order valence-corrected chi connectivity index (χ4v) is 2.44. The lowest BCUT2D eigenvalue weighted by Gasteiger charge is -2.13. The Bertz CT molecular complexity index is 481. The molecule has 1 atom stereocenters. The van der Waals surface area contributed by atoms with Crippen LogP contribution in [-0.2, 0) is 0 Å². The number of nitrogens with zero attached hydrogens (tertiary/aromatic N) is 1. The molecule has 2 nitrogen and oxygen atoms in total. The van der Waals surface area contributed by atoms with Gasteiger partial charge < -0.3 is 5.32 Å². The monoisotopic (exact) mass is 252 g/mol. The van der Waals surface area contributed by atoms with Gasteiger partial charge in [0.1, 0.15) is 0 Å². The van der Waals surface area contributed by atoms with E-state index in [0.29, 0.717) is 0 Å². The van der Waals surface area contributed by atoms with Crippen LogP contribution in [0.5, 0.6) is 0 Å². The van der Waals surface area contributed by atoms with Gasteiger partial charge in [-0.05, 0) is 31.5 Å². The van der Waals surface area contributed by atoms with E-state index in [1.165, 1.54) is 5.56 Å². The van der Waals surface area contributed by atoms with E-state index in [0.717, 1.165) is 15.8 Å². The predicted octanol–water partition coefficient (Wildman–Crippen LogP) is 4.28. The second-order valence-electron chi connectivity index (χ2n) is 3.72. The molecule has 2 rings (SSSR count). The summed E-state index contributed by atoms with van der Waals surface area (Å²) < 4.78 is 0. The lowest BCUT2D eigenvalue weighted by Crippen LogP contribution is -2.06. The van der Waals surface area contributed by atoms with E-state index in [1.54, 1.807) is 11.3 Å². The summed E-state index contributed by atoms with van der Waals surface area (Å²) in [6, 6.07) is 8.09. The largest absolute Gasteiger partial charge is 0.355 e. The Hall–Kier alpha value is -1.06. The highest BCUT2D eigenvalue weighted by Gasteiger charge is 2.07. The van der Waals surface area contributed by atoms with E-state index in [2.05, 4.69) is 23.3 Å². The second-order valence-corrected chi connectivity index (χ2v) is 5.01. The molecule has 84 valence electrons. The quantitative estimate of drug-likeness (QED) is 0.882. The number of aromatic nitrogens is 1. The van der Waals surface area contributed by atoms with E-state index in [-0.39, 0.29) is 6.04 Å². The summed E-state index contributed by atoms with van der Waals surface area (Å²) in [6.07, 6.45) is 0. The fraction of sp³-hybridized carbons (Fsp3) is 0.250. The summed E-state index contributed by atoms with van der Waals surface area (Å²) in [5.41, 5.74) is 2.21. The summed E-state index contributed by atoms with van der Waals surface area (Å²) in [7, 11) is 0. The summed E-state index contributed by atoms with van der Waals surface area (Å²) in [4.78, 5) is 4.37. The van der Waals surface area contributed by atoms with Gasteiger partial charge in [0.05, 0.1) is 11.7 Å². The molecular formula is C12H13ClN2S. The zero-order chi connectivity index (χ0) is 11.5. The Morgan fingerprint density at radius 2 is 2.25 bits per heavy atom. The molecule has 1 heterocycles. The van der Waals surface area contributed by atoms with E-state index in [9.17, 15) is 0 Å². The van der Waals surface area contributed by atoms with Crippen LogP contribution in [0.1, 0.15) is 24.2 Å². The van der Waals surface area contributed by atoms with Gasteiger partial charge >= 0.3 is 0 Å². The van der Waals surface area contributed by atoms with Gasteiger partial charge in [0, 0.05) is 10.4 Å². The first-order chi connectivity index (χ1) is 7.65. The minimum Gasteiger partial charge on any atom is -0.355 e. The molecule has 1 unspecified atom stereocenters. The molecule has 0 aliphatic heterocycles. The van der Waals surface area contributed by atoms with Crippen molar-refractivity contribution < 1.29 is 0 Å². The molecule has 1 N–H and O–H groups in total. The van der Waals surface area contributed by atoms with Crippen molar-refractivity contribution in [3.8, 4) is 0 Å². The first-order valence-corrected chi connectivity index (χ1v) is 6.35. The van der Waals surface area contributed by atoms with Gasteiger partial charge in [-0.15, -0.1) is 11.3 Å². The number of thiazole rings is 1. The predicted molar refractivity (Wildman–Crippen MR) is 70.3 cm³/mol. The molecule has 1 aromatic heterocycles. The van der Waals surface area contributed by atoms with E-state index >= 15 is 0 Å². The van der Waals surface area contributed by atoms with Crippen molar-refractivity contribution in [1.82, 2.24) is 4.98 Å². The zero-order valence-electron chi connectivity index (χ0n) is 9.20. The Balaban J connectivity index is 2.11. The summed E-state index contributed by atoms with van der Waals surface area (Å²) >= 11 is 7.58. The molecule has 0 bridgehead atoms. The number of nitrogens with one attached hydrogen (secondary N) is 1. The lowest BCUT2D eigenvalue weighted by molar-refractivity contribution is 0.880. The Morgan fingerprint density at radius 3 is 2.88 bits per heavy atom. The molecule has 0 fully saturated rings. The van der Waals surface area contributed by atoms with Gasteiger partial charge in [-0.25, -0.2) is 4.98 Å². The number of anilines is 1. The second kappa shape index (κ2) is 4.85. The third-order valence-corrected chi connectivity index (χ3v) is 3.43. The maximum absolute atomic E-state index is 5.96. The minimum atomic E-state index is 0.212. The Kier molecular flexibility index (Phi) is 3.46. The van der Waals surface area contributed by atoms with Crippen LogP contribution in [0.3, 0.4) is 0 Å². The molecule has 0 saturated heterocycles. The SMILES string of the molecule is Cc1csc(NC(C)c2cccc(Cl)c2)n1. The smallest absolute Gasteiger partial charge is 0.183 e. The number of hydrogen-bond acceptors (Lipinski definition) is 3. The summed E-state index contributed by atoms with van der Waals surface area (Å²) in [5, 5.41) is 7.10. The van der Waals surface area contributed by atoms with Gasteiger partial charge in [-0.2, -0.15) is 0 Å². The number of halogens is 1. The van der Waals surface area contributed by atoms with Crippen molar-refractivity contribution in [2.75, 3.05) is 5.32 Å². The van der Waals surface area contributed by atoms with Crippen molar-refractivity contribution in [3.05, 3.63) is 45.9 Å². The van der Waals surface area contributed by atoms with Gasteiger partial charge in [-0.1, -0.05) is 23.7 Å². The average molecular weight is 253 g/mol. The summed E-state index contributed by atoms with van der Waals surface area (Å²) in [5.74, 6) is 0. The molecule has 1 aromatic carbocycles. The van der Waals surface area contributed by atoms with Crippen LogP contribution in [0.15, 0.2) is 29.6 Å². The number of hydrogen-bond donors (Lipinski definition) is 1. The average Bonchev–Trinajstić information content (AvgIpc) is 2.64. The molecule has 4 heteroatoms. The number of rotatable bonds is 3. The Labute approximate surface area is 104 Å². The highest BCUT2D eigenvalue weighted by molar-refractivity contribution is 7.13. The maximum atomic E-state index is 5.96. The van der Waals surface area contributed by atoms with Crippen LogP contribution in [0, 0.1) is 6.92 Å². The van der Waals surface area contributed by atoms with Crippen LogP contribution in [-0.4, -0.2) is 4.98 Å². The van der Waals surface area contributed by atoms with Crippen LogP contribution < -0.4 is 5.32 Å². The maximum Gasteiger partial charge on any atom is 0.183 e. The highest BCUT2D eigenvalue weighted by atomic mass is 35.5. The normalized spacial score (nSPS) is 12.4. The van der Waals surface area contributed by atoms with Gasteiger partial charge in [0.15, 0.2) is 5.13 Å². The minimum absolute atomic E-state index is 0.212. The van der Waals surface area contributed by atoms with Gasteiger partial charge in [0.2, 0.25) is 0 Å². The Morgan fingerprint density at radius 1 is 1.44 bits per heavy atom. The van der Waals surface area contributed by atoms with E-state index < -0.39 is 0 Å². The molecule has 0 amide bonds. The van der Waals surface area contributed by atoms with Crippen molar-refractivity contribution in [2.45, 2.75) is 19.9 Å². The number of aryl methyl sites for hydroxylation is 1. The lowest BCUT2D eigenvalue weighted by atomic mass is 10.1. The van der Waals surface area contributed by atoms with Crippen molar-refractivity contribution in [3.63, 3.8) is 0 Å². The molecule has 16 heavy (non-hydrogen) atoms. The molecular weight excluding hydrogens is 240 g/mol. The van der Waals surface area contributed by atoms with Crippen molar-refractivity contribution >= 4 is 28.1 Å². The molecule has 0 saturated carbocycles. The molecule has 2 aromatic rings. The van der Waals surface area contributed by atoms with Gasteiger partial charge in [-0.3, -0.25) is 0 Å². The molecule has 0 aliphatic carbocycles. The van der Waals surface area contributed by atoms with Gasteiger partial charge in [0.25, 0.3) is 0 Å². The van der Waals surface area contributed by atoms with Crippen LogP contribution in [0.2, 0.25) is 5.02 Å². The third kappa shape index (κ3) is 2.74. The summed E-state index contributed by atoms with van der Waals surface area (Å²) in [6.45, 7) is 4.09. The molecule has 0 aliphatic rings. The highest BCUT2D eigenvalue weighted by Crippen LogP contribution is 2.23. The fourth-order valence-electron chi connectivity index (χ4n) is 1.46. The topological polar surface area (TPSA) is 24.9 Å². The first kappa shape index (κ1) is 11.4. The van der Waals surface area contributed by atoms with Crippen molar-refractivity contribution in [2.24, 2.45) is 0 Å². The first-order valence-electron chi connectivity index (χ1n) is 5.09. The van der Waals surface area contributed by atoms with E-state index in [4.69, 9.17) is 11.6 Å².